The second kappa shape index (κ2) is 2.69. The van der Waals surface area contributed by atoms with Crippen LogP contribution in [0.4, 0.5) is 0 Å². The number of nitrogens with zero attached hydrogens (tertiary/aromatic N) is 1. The number of rotatable bonds is 1. The van der Waals surface area contributed by atoms with Crippen LogP contribution in [0, 0.1) is 6.92 Å². The van der Waals surface area contributed by atoms with Crippen LogP contribution in [0.5, 0.6) is 0 Å². The molecule has 0 spiro atoms. The fourth-order valence-corrected chi connectivity index (χ4v) is 0.0913. The fourth-order valence-electron chi connectivity index (χ4n) is 0.0913. The second-order valence-corrected chi connectivity index (χ2v) is 0.974. The van der Waals surface area contributed by atoms with E-state index >= 15 is 0 Å². The summed E-state index contributed by atoms with van der Waals surface area (Å²) in [6, 6.07) is 0. The molecule has 0 aromatic rings. The van der Waals surface area contributed by atoms with Crippen LogP contribution in [-0.2, 0) is 0 Å². The topological polar surface area (TPSA) is 38.4 Å². The smallest absolute Gasteiger partial charge is 0.0417 e. The van der Waals surface area contributed by atoms with E-state index in [0.29, 0.717) is 5.71 Å². The minimum Gasteiger partial charge on any atom is -0.323 e. The van der Waals surface area contributed by atoms with Gasteiger partial charge in [-0.2, -0.15) is 5.10 Å². The Morgan fingerprint density at radius 2 is 2.50 bits per heavy atom. The second-order valence-electron chi connectivity index (χ2n) is 0.974. The quantitative estimate of drug-likeness (QED) is 0.279. The zero-order chi connectivity index (χ0) is 4.99. The van der Waals surface area contributed by atoms with Gasteiger partial charge in [-0.15, -0.1) is 0 Å². The molecule has 6 heavy (non-hydrogen) atoms. The van der Waals surface area contributed by atoms with Gasteiger partial charge >= 0.3 is 0 Å². The Hall–Kier alpha value is -0.530. The molecule has 0 heterocycles. The monoisotopic (exact) mass is 84.1 g/mol. The van der Waals surface area contributed by atoms with Crippen molar-refractivity contribution in [3.05, 3.63) is 6.92 Å². The van der Waals surface area contributed by atoms with Crippen molar-refractivity contribution in [2.75, 3.05) is 0 Å². The summed E-state index contributed by atoms with van der Waals surface area (Å²) in [5.41, 5.74) is 0.495. The third-order valence-electron chi connectivity index (χ3n) is 0.528. The molecule has 0 amide bonds. The summed E-state index contributed by atoms with van der Waals surface area (Å²) < 4.78 is 0. The van der Waals surface area contributed by atoms with Crippen molar-refractivity contribution in [1.29, 1.82) is 0 Å². The van der Waals surface area contributed by atoms with Gasteiger partial charge in [0.05, 0.1) is 0 Å². The van der Waals surface area contributed by atoms with Crippen LogP contribution < -0.4 is 5.84 Å². The maximum absolute atomic E-state index is 5.10. The zero-order valence-electron chi connectivity index (χ0n) is 3.81. The predicted molar refractivity (Wildman–Crippen MR) is 26.2 cm³/mol. The number of hydrazone groups is 1. The van der Waals surface area contributed by atoms with E-state index in [-0.39, 0.29) is 0 Å². The van der Waals surface area contributed by atoms with Crippen molar-refractivity contribution in [2.24, 2.45) is 10.9 Å². The van der Waals surface area contributed by atoms with Crippen LogP contribution in [0.1, 0.15) is 13.3 Å². The van der Waals surface area contributed by atoms with Gasteiger partial charge in [0.25, 0.3) is 0 Å². The summed E-state index contributed by atoms with van der Waals surface area (Å²) in [4.78, 5) is 0. The molecule has 0 atom stereocenters. The molecule has 2 nitrogen and oxygen atoms in total. The fraction of sp³-hybridized carbons (Fsp3) is 0.500. The summed E-state index contributed by atoms with van der Waals surface area (Å²) in [6.07, 6.45) is 0.733. The van der Waals surface area contributed by atoms with Gasteiger partial charge in [0.2, 0.25) is 0 Å². The Morgan fingerprint density at radius 3 is 2.50 bits per heavy atom. The summed E-state index contributed by atoms with van der Waals surface area (Å²) in [5, 5.41) is 3.20. The van der Waals surface area contributed by atoms with Gasteiger partial charge in [-0.05, 0) is 6.42 Å². The molecule has 0 aliphatic carbocycles. The van der Waals surface area contributed by atoms with Gasteiger partial charge in [-0.25, -0.2) is 0 Å². The highest BCUT2D eigenvalue weighted by molar-refractivity contribution is 5.87. The van der Waals surface area contributed by atoms with Gasteiger partial charge in [0, 0.05) is 12.6 Å². The third kappa shape index (κ3) is 1.76. The highest BCUT2D eigenvalue weighted by Gasteiger charge is 1.77. The average molecular weight is 84.1 g/mol. The van der Waals surface area contributed by atoms with Gasteiger partial charge in [-0.1, -0.05) is 6.92 Å². The highest BCUT2D eigenvalue weighted by atomic mass is 15.1. The molecule has 2 radical (unpaired) electrons. The Balaban J connectivity index is 3.22. The SMILES string of the molecule is [CH]C(CC)=NN. The Labute approximate surface area is 38.0 Å². The lowest BCUT2D eigenvalue weighted by Gasteiger charge is -1.82. The van der Waals surface area contributed by atoms with E-state index in [9.17, 15) is 0 Å². The van der Waals surface area contributed by atoms with Gasteiger partial charge < -0.3 is 5.84 Å². The summed E-state index contributed by atoms with van der Waals surface area (Å²) in [7, 11) is 0. The predicted octanol–water partition coefficient (Wildman–Crippen LogP) is 0.422. The largest absolute Gasteiger partial charge is 0.323 e. The molecule has 0 saturated heterocycles. The van der Waals surface area contributed by atoms with Crippen LogP contribution in [0.3, 0.4) is 0 Å². The number of hydrogen-bond acceptors (Lipinski definition) is 2. The van der Waals surface area contributed by atoms with E-state index in [0.717, 1.165) is 6.42 Å². The number of hydrogen-bond donors (Lipinski definition) is 1. The van der Waals surface area contributed by atoms with Gasteiger partial charge in [0.15, 0.2) is 0 Å². The van der Waals surface area contributed by atoms with E-state index < -0.39 is 0 Å². The Morgan fingerprint density at radius 1 is 2.00 bits per heavy atom. The molecule has 2 N–H and O–H groups in total. The molecule has 0 saturated carbocycles. The standard InChI is InChI=1S/C4H8N2/c1-3-4(2)6-5/h2H,3,5H2,1H3. The molecule has 0 aliphatic heterocycles. The van der Waals surface area contributed by atoms with E-state index in [2.05, 4.69) is 5.10 Å². The first-order valence-corrected chi connectivity index (χ1v) is 1.83. The van der Waals surface area contributed by atoms with E-state index in [1.54, 1.807) is 0 Å². The van der Waals surface area contributed by atoms with Crippen molar-refractivity contribution in [2.45, 2.75) is 13.3 Å². The van der Waals surface area contributed by atoms with Crippen LogP contribution >= 0.6 is 0 Å². The molecule has 0 rings (SSSR count). The normalized spacial score (nSPS) is 12.0. The lowest BCUT2D eigenvalue weighted by Crippen LogP contribution is -1.92. The molecule has 0 unspecified atom stereocenters. The van der Waals surface area contributed by atoms with Crippen LogP contribution in [-0.4, -0.2) is 5.71 Å². The lowest BCUT2D eigenvalue weighted by atomic mass is 10.3. The lowest BCUT2D eigenvalue weighted by molar-refractivity contribution is 1.18. The molecule has 0 bridgehead atoms. The average Bonchev–Trinajstić information content (AvgIpc) is 1.65. The number of nitrogens with two attached hydrogens (primary N) is 1. The highest BCUT2D eigenvalue weighted by Crippen LogP contribution is 1.75. The van der Waals surface area contributed by atoms with Crippen LogP contribution in [0.2, 0.25) is 0 Å². The van der Waals surface area contributed by atoms with E-state index in [1.807, 2.05) is 6.92 Å². The molecular weight excluding hydrogens is 76.1 g/mol. The first-order chi connectivity index (χ1) is 2.81. The van der Waals surface area contributed by atoms with Crippen LogP contribution in [0.25, 0.3) is 0 Å². The summed E-state index contributed by atoms with van der Waals surface area (Å²) >= 11 is 0. The van der Waals surface area contributed by atoms with Crippen molar-refractivity contribution >= 4 is 5.71 Å². The molecule has 34 valence electrons. The zero-order valence-corrected chi connectivity index (χ0v) is 3.81. The van der Waals surface area contributed by atoms with Gasteiger partial charge in [-0.3, -0.25) is 0 Å². The molecule has 2 heteroatoms. The molecular formula is C4H8N2. The van der Waals surface area contributed by atoms with Crippen molar-refractivity contribution < 1.29 is 0 Å². The van der Waals surface area contributed by atoms with Crippen molar-refractivity contribution in [1.82, 2.24) is 0 Å². The van der Waals surface area contributed by atoms with Crippen molar-refractivity contribution in [3.8, 4) is 0 Å². The van der Waals surface area contributed by atoms with E-state index in [1.165, 1.54) is 0 Å². The van der Waals surface area contributed by atoms with Crippen molar-refractivity contribution in [3.63, 3.8) is 0 Å². The van der Waals surface area contributed by atoms with Crippen LogP contribution in [0.15, 0.2) is 5.10 Å². The first kappa shape index (κ1) is 5.47. The maximum Gasteiger partial charge on any atom is 0.0417 e. The molecule has 0 aromatic heterocycles. The van der Waals surface area contributed by atoms with Gasteiger partial charge in [0.1, 0.15) is 0 Å². The Kier molecular flexibility index (Phi) is 2.46. The minimum atomic E-state index is 0.495. The van der Waals surface area contributed by atoms with E-state index in [4.69, 9.17) is 12.8 Å². The minimum absolute atomic E-state index is 0.495. The molecule has 0 aliphatic rings. The summed E-state index contributed by atoms with van der Waals surface area (Å²) in [5.74, 6) is 4.75. The molecule has 0 fully saturated rings. The first-order valence-electron chi connectivity index (χ1n) is 1.83. The Bertz CT molecular complexity index is 56.6. The third-order valence-corrected chi connectivity index (χ3v) is 0.528. The molecule has 0 aromatic carbocycles. The summed E-state index contributed by atoms with van der Waals surface area (Å²) in [6.45, 7) is 6.99. The maximum atomic E-state index is 5.10.